The number of hydrogen-bond donors (Lipinski definition) is 3. The zero-order valence-corrected chi connectivity index (χ0v) is 9.90. The minimum absolute atomic E-state index is 0.342. The molecule has 1 atom stereocenters. The van der Waals surface area contributed by atoms with Crippen molar-refractivity contribution in [1.29, 1.82) is 0 Å². The number of aliphatic hydroxyl groups excluding tert-OH is 1. The molecule has 0 aliphatic rings. The first-order chi connectivity index (χ1) is 7.69. The summed E-state index contributed by atoms with van der Waals surface area (Å²) in [6.07, 6.45) is 3.62. The average molecular weight is 224 g/mol. The highest BCUT2D eigenvalue weighted by Gasteiger charge is 2.08. The molecule has 0 aliphatic carbocycles. The highest BCUT2D eigenvalue weighted by Crippen LogP contribution is 2.17. The van der Waals surface area contributed by atoms with Crippen LogP contribution in [0.2, 0.25) is 0 Å². The maximum absolute atomic E-state index is 9.61. The van der Waals surface area contributed by atoms with E-state index in [1.165, 1.54) is 6.33 Å². The molecule has 16 heavy (non-hydrogen) atoms. The minimum Gasteiger partial charge on any atom is -0.391 e. The molecule has 0 fully saturated rings. The topological polar surface area (TPSA) is 84.1 Å². The van der Waals surface area contributed by atoms with Gasteiger partial charge in [0.05, 0.1) is 6.10 Å². The van der Waals surface area contributed by atoms with Crippen molar-refractivity contribution in [1.82, 2.24) is 9.97 Å². The van der Waals surface area contributed by atoms with Gasteiger partial charge < -0.3 is 16.2 Å². The van der Waals surface area contributed by atoms with Crippen molar-refractivity contribution in [2.75, 3.05) is 17.6 Å². The molecule has 0 spiro atoms. The normalized spacial score (nSPS) is 12.4. The molecule has 0 saturated carbocycles. The van der Waals surface area contributed by atoms with E-state index in [4.69, 9.17) is 5.73 Å². The van der Waals surface area contributed by atoms with Gasteiger partial charge in [-0.05, 0) is 12.8 Å². The van der Waals surface area contributed by atoms with Gasteiger partial charge in [-0.25, -0.2) is 9.97 Å². The first-order valence-electron chi connectivity index (χ1n) is 5.70. The molecule has 0 bridgehead atoms. The largest absolute Gasteiger partial charge is 0.391 e. The van der Waals surface area contributed by atoms with Gasteiger partial charge in [-0.15, -0.1) is 0 Å². The van der Waals surface area contributed by atoms with Gasteiger partial charge in [0, 0.05) is 12.1 Å². The fourth-order valence-corrected chi connectivity index (χ4v) is 1.58. The molecule has 0 aliphatic heterocycles. The van der Waals surface area contributed by atoms with Gasteiger partial charge in [-0.1, -0.05) is 20.3 Å². The Balaban J connectivity index is 2.63. The molecule has 0 radical (unpaired) electrons. The molecule has 4 N–H and O–H groups in total. The molecule has 1 unspecified atom stereocenters. The Morgan fingerprint density at radius 2 is 2.19 bits per heavy atom. The minimum atomic E-state index is -0.342. The van der Waals surface area contributed by atoms with Crippen LogP contribution in [0.15, 0.2) is 6.33 Å². The molecule has 1 aromatic rings. The molecule has 1 rings (SSSR count). The Labute approximate surface area is 96.1 Å². The van der Waals surface area contributed by atoms with E-state index in [1.54, 1.807) is 0 Å². The summed E-state index contributed by atoms with van der Waals surface area (Å²) in [5.41, 5.74) is 6.65. The Morgan fingerprint density at radius 3 is 2.81 bits per heavy atom. The van der Waals surface area contributed by atoms with Crippen LogP contribution < -0.4 is 11.1 Å². The van der Waals surface area contributed by atoms with Gasteiger partial charge in [0.1, 0.15) is 18.0 Å². The zero-order chi connectivity index (χ0) is 12.0. The van der Waals surface area contributed by atoms with Crippen molar-refractivity contribution in [2.24, 2.45) is 0 Å². The van der Waals surface area contributed by atoms with Crippen LogP contribution in [0.5, 0.6) is 0 Å². The Hall–Kier alpha value is -1.36. The first kappa shape index (κ1) is 12.7. The van der Waals surface area contributed by atoms with Crippen LogP contribution in [-0.2, 0) is 6.42 Å². The second-order valence-corrected chi connectivity index (χ2v) is 3.76. The summed E-state index contributed by atoms with van der Waals surface area (Å²) in [7, 11) is 0. The third kappa shape index (κ3) is 3.34. The van der Waals surface area contributed by atoms with Crippen LogP contribution in [0.3, 0.4) is 0 Å². The number of nitrogen functional groups attached to an aromatic ring is 1. The number of nitrogens with two attached hydrogens (primary N) is 1. The first-order valence-corrected chi connectivity index (χ1v) is 5.70. The molecule has 5 nitrogen and oxygen atoms in total. The lowest BCUT2D eigenvalue weighted by Gasteiger charge is -2.14. The molecule has 1 heterocycles. The Morgan fingerprint density at radius 1 is 1.44 bits per heavy atom. The number of rotatable bonds is 6. The maximum Gasteiger partial charge on any atom is 0.134 e. The van der Waals surface area contributed by atoms with Crippen LogP contribution in [0.4, 0.5) is 11.6 Å². The summed E-state index contributed by atoms with van der Waals surface area (Å²) < 4.78 is 0. The molecular weight excluding hydrogens is 204 g/mol. The number of nitrogens with zero attached hydrogens (tertiary/aromatic N) is 2. The van der Waals surface area contributed by atoms with Gasteiger partial charge in [0.25, 0.3) is 0 Å². The predicted molar refractivity (Wildman–Crippen MR) is 65.2 cm³/mol. The van der Waals surface area contributed by atoms with E-state index >= 15 is 0 Å². The van der Waals surface area contributed by atoms with E-state index in [2.05, 4.69) is 15.3 Å². The highest BCUT2D eigenvalue weighted by atomic mass is 16.3. The van der Waals surface area contributed by atoms with Gasteiger partial charge in [-0.2, -0.15) is 0 Å². The average Bonchev–Trinajstić information content (AvgIpc) is 2.27. The summed E-state index contributed by atoms with van der Waals surface area (Å²) in [5, 5.41) is 12.7. The number of hydrogen-bond acceptors (Lipinski definition) is 5. The summed E-state index contributed by atoms with van der Waals surface area (Å²) in [6.45, 7) is 4.55. The van der Waals surface area contributed by atoms with Crippen LogP contribution >= 0.6 is 0 Å². The lowest BCUT2D eigenvalue weighted by Crippen LogP contribution is -2.20. The molecule has 0 saturated heterocycles. The van der Waals surface area contributed by atoms with Crippen molar-refractivity contribution < 1.29 is 5.11 Å². The SMILES string of the molecule is CCCC(O)CNc1ncnc(N)c1CC. The van der Waals surface area contributed by atoms with E-state index in [-0.39, 0.29) is 6.10 Å². The third-order valence-corrected chi connectivity index (χ3v) is 2.46. The molecule has 0 amide bonds. The van der Waals surface area contributed by atoms with Crippen molar-refractivity contribution >= 4 is 11.6 Å². The number of anilines is 2. The van der Waals surface area contributed by atoms with E-state index in [9.17, 15) is 5.11 Å². The van der Waals surface area contributed by atoms with Crippen LogP contribution in [0.25, 0.3) is 0 Å². The standard InChI is InChI=1S/C11H20N4O/c1-3-5-8(16)6-13-11-9(4-2)10(12)14-7-15-11/h7-8,16H,3-6H2,1-2H3,(H3,12,13,14,15). The summed E-state index contributed by atoms with van der Waals surface area (Å²) in [4.78, 5) is 8.07. The molecule has 5 heteroatoms. The van der Waals surface area contributed by atoms with Crippen LogP contribution in [0, 0.1) is 0 Å². The lowest BCUT2D eigenvalue weighted by atomic mass is 10.2. The second-order valence-electron chi connectivity index (χ2n) is 3.76. The van der Waals surface area contributed by atoms with E-state index in [0.29, 0.717) is 12.4 Å². The summed E-state index contributed by atoms with van der Waals surface area (Å²) in [5.74, 6) is 1.23. The van der Waals surface area contributed by atoms with Gasteiger partial charge in [0.15, 0.2) is 0 Å². The Bertz CT molecular complexity index is 330. The maximum atomic E-state index is 9.61. The molecule has 90 valence electrons. The van der Waals surface area contributed by atoms with E-state index in [1.807, 2.05) is 13.8 Å². The predicted octanol–water partition coefficient (Wildman–Crippen LogP) is 1.19. The fraction of sp³-hybridized carbons (Fsp3) is 0.636. The van der Waals surface area contributed by atoms with Crippen molar-refractivity contribution in [3.8, 4) is 0 Å². The van der Waals surface area contributed by atoms with Crippen LogP contribution in [-0.4, -0.2) is 27.7 Å². The van der Waals surface area contributed by atoms with Crippen molar-refractivity contribution in [3.05, 3.63) is 11.9 Å². The van der Waals surface area contributed by atoms with Gasteiger partial charge >= 0.3 is 0 Å². The fourth-order valence-electron chi connectivity index (χ4n) is 1.58. The van der Waals surface area contributed by atoms with Crippen molar-refractivity contribution in [3.63, 3.8) is 0 Å². The zero-order valence-electron chi connectivity index (χ0n) is 9.90. The summed E-state index contributed by atoms with van der Waals surface area (Å²) in [6, 6.07) is 0. The van der Waals surface area contributed by atoms with Gasteiger partial charge in [-0.3, -0.25) is 0 Å². The molecular formula is C11H20N4O. The van der Waals surface area contributed by atoms with Gasteiger partial charge in [0.2, 0.25) is 0 Å². The lowest BCUT2D eigenvalue weighted by molar-refractivity contribution is 0.176. The third-order valence-electron chi connectivity index (χ3n) is 2.46. The molecule has 1 aromatic heterocycles. The quantitative estimate of drug-likeness (QED) is 0.676. The molecule has 0 aromatic carbocycles. The van der Waals surface area contributed by atoms with Crippen LogP contribution in [0.1, 0.15) is 32.3 Å². The summed E-state index contributed by atoms with van der Waals surface area (Å²) >= 11 is 0. The highest BCUT2D eigenvalue weighted by molar-refractivity contribution is 5.54. The van der Waals surface area contributed by atoms with E-state index < -0.39 is 0 Å². The number of aliphatic hydroxyl groups is 1. The Kier molecular flexibility index (Phi) is 4.98. The van der Waals surface area contributed by atoms with Crippen molar-refractivity contribution in [2.45, 2.75) is 39.2 Å². The number of aromatic nitrogens is 2. The second kappa shape index (κ2) is 6.27. The smallest absolute Gasteiger partial charge is 0.134 e. The monoisotopic (exact) mass is 224 g/mol. The van der Waals surface area contributed by atoms with E-state index in [0.717, 1.165) is 30.6 Å². The number of nitrogens with one attached hydrogen (secondary N) is 1.